The molecule has 0 saturated heterocycles. The van der Waals surface area contributed by atoms with Crippen molar-refractivity contribution in [2.24, 2.45) is 5.92 Å². The van der Waals surface area contributed by atoms with Crippen molar-refractivity contribution < 1.29 is 44.7 Å². The van der Waals surface area contributed by atoms with Gasteiger partial charge in [0.15, 0.2) is 17.3 Å². The van der Waals surface area contributed by atoms with E-state index >= 15 is 0 Å². The fourth-order valence-corrected chi connectivity index (χ4v) is 6.51. The van der Waals surface area contributed by atoms with E-state index in [1.54, 1.807) is 12.1 Å². The molecule has 46 heavy (non-hydrogen) atoms. The van der Waals surface area contributed by atoms with Crippen molar-refractivity contribution in [3.8, 4) is 11.1 Å². The van der Waals surface area contributed by atoms with Gasteiger partial charge in [-0.25, -0.2) is 22.0 Å². The minimum absolute atomic E-state index is 0.145. The van der Waals surface area contributed by atoms with Gasteiger partial charge in [0.2, 0.25) is 0 Å². The second-order valence-electron chi connectivity index (χ2n) is 11.9. The second-order valence-corrected chi connectivity index (χ2v) is 11.9. The Balaban J connectivity index is 1.39. The van der Waals surface area contributed by atoms with Gasteiger partial charge in [-0.1, -0.05) is 12.1 Å². The van der Waals surface area contributed by atoms with Crippen LogP contribution < -0.4 is 0 Å². The van der Waals surface area contributed by atoms with Crippen molar-refractivity contribution in [3.63, 3.8) is 0 Å². The molecule has 1 fully saturated rings. The summed E-state index contributed by atoms with van der Waals surface area (Å²) in [6.07, 6.45) is -4.83. The molecule has 13 heteroatoms. The predicted molar refractivity (Wildman–Crippen MR) is 149 cm³/mol. The van der Waals surface area contributed by atoms with Gasteiger partial charge in [-0.15, -0.1) is 0 Å². The Morgan fingerprint density at radius 3 is 2.43 bits per heavy atom. The molecule has 240 valence electrons. The molecule has 2 unspecified atom stereocenters. The number of halogens is 8. The molecule has 0 N–H and O–H groups in total. The standard InChI is InChI=1S/C33H25F8N3O2/c1-16(45)25-11-18(4-5-27(25)36)24-3-2-6-42-29(24)19(7-17-8-21(34)13-22(35)9-17)10-23(46)15-44-30-26-12-20(26)14-32(37,38)28(30)31(43-44)33(39,40)41/h2-6,8-9,11,13,19-20,26H,7,10,12,14-15H2,1H3/t19-,20?,26?/m1/s1. The first kappa shape index (κ1) is 31.6. The maximum Gasteiger partial charge on any atom is 0.435 e. The lowest BCUT2D eigenvalue weighted by Crippen LogP contribution is -2.25. The van der Waals surface area contributed by atoms with Crippen molar-refractivity contribution in [1.29, 1.82) is 0 Å². The van der Waals surface area contributed by atoms with Gasteiger partial charge in [-0.3, -0.25) is 19.3 Å². The highest BCUT2D eigenvalue weighted by molar-refractivity contribution is 5.95. The molecule has 0 aliphatic heterocycles. The van der Waals surface area contributed by atoms with Crippen LogP contribution in [-0.4, -0.2) is 26.3 Å². The highest BCUT2D eigenvalue weighted by Gasteiger charge is 2.60. The summed E-state index contributed by atoms with van der Waals surface area (Å²) in [6.45, 7) is 0.434. The number of ketones is 2. The largest absolute Gasteiger partial charge is 0.435 e. The van der Waals surface area contributed by atoms with Gasteiger partial charge in [0, 0.05) is 42.5 Å². The summed E-state index contributed by atoms with van der Waals surface area (Å²) in [6, 6.07) is 9.72. The lowest BCUT2D eigenvalue weighted by atomic mass is 9.86. The highest BCUT2D eigenvalue weighted by Crippen LogP contribution is 2.62. The molecule has 0 bridgehead atoms. The van der Waals surface area contributed by atoms with Crippen LogP contribution >= 0.6 is 0 Å². The molecule has 2 aromatic heterocycles. The number of hydrogen-bond acceptors (Lipinski definition) is 4. The summed E-state index contributed by atoms with van der Waals surface area (Å²) >= 11 is 0. The van der Waals surface area contributed by atoms with E-state index in [9.17, 15) is 44.7 Å². The molecule has 0 amide bonds. The lowest BCUT2D eigenvalue weighted by Gasteiger charge is -2.24. The average molecular weight is 648 g/mol. The van der Waals surface area contributed by atoms with Gasteiger partial charge in [-0.05, 0) is 67.1 Å². The number of carbonyl (C=O) groups is 2. The topological polar surface area (TPSA) is 64.8 Å². The molecule has 1 saturated carbocycles. The molecular formula is C33H25F8N3O2. The van der Waals surface area contributed by atoms with E-state index in [1.807, 2.05) is 0 Å². The Hall–Kier alpha value is -4.42. The van der Waals surface area contributed by atoms with Gasteiger partial charge < -0.3 is 0 Å². The van der Waals surface area contributed by atoms with Crippen LogP contribution in [-0.2, 0) is 29.9 Å². The lowest BCUT2D eigenvalue weighted by molar-refractivity contribution is -0.146. The van der Waals surface area contributed by atoms with E-state index in [2.05, 4.69) is 10.1 Å². The maximum atomic E-state index is 14.9. The zero-order chi connectivity index (χ0) is 33.1. The molecule has 3 atom stereocenters. The molecule has 5 nitrogen and oxygen atoms in total. The van der Waals surface area contributed by atoms with Crippen LogP contribution in [0.15, 0.2) is 54.7 Å². The molecule has 0 spiro atoms. The number of aromatic nitrogens is 3. The fraction of sp³-hybridized carbons (Fsp3) is 0.333. The normalized spacial score (nSPS) is 18.9. The van der Waals surface area contributed by atoms with Gasteiger partial charge in [0.1, 0.15) is 17.5 Å². The number of rotatable bonds is 9. The minimum atomic E-state index is -5.18. The number of hydrogen-bond donors (Lipinski definition) is 0. The second kappa shape index (κ2) is 11.4. The molecule has 2 aliphatic rings. The van der Waals surface area contributed by atoms with E-state index in [0.29, 0.717) is 17.2 Å². The average Bonchev–Trinajstić information content (AvgIpc) is 3.59. The predicted octanol–water partition coefficient (Wildman–Crippen LogP) is 8.17. The van der Waals surface area contributed by atoms with Crippen molar-refractivity contribution in [3.05, 3.63) is 106 Å². The van der Waals surface area contributed by atoms with E-state index < -0.39 is 89.5 Å². The number of nitrogens with zero attached hydrogens (tertiary/aromatic N) is 3. The number of fused-ring (bicyclic) bond motifs is 3. The fourth-order valence-electron chi connectivity index (χ4n) is 6.51. The summed E-state index contributed by atoms with van der Waals surface area (Å²) in [7, 11) is 0. The Labute approximate surface area is 257 Å². The maximum absolute atomic E-state index is 14.9. The number of benzene rings is 2. The van der Waals surface area contributed by atoms with Crippen molar-refractivity contribution in [1.82, 2.24) is 14.8 Å². The number of alkyl halides is 5. The Bertz CT molecular complexity index is 1850. The summed E-state index contributed by atoms with van der Waals surface area (Å²) in [5.74, 6) is -9.54. The number of Topliss-reactive ketones (excluding diaryl/α,β-unsaturated/α-hetero) is 2. The van der Waals surface area contributed by atoms with Gasteiger partial charge in [-0.2, -0.15) is 18.3 Å². The van der Waals surface area contributed by atoms with Crippen LogP contribution in [0, 0.1) is 23.4 Å². The number of carbonyl (C=O) groups excluding carboxylic acids is 2. The van der Waals surface area contributed by atoms with E-state index in [1.165, 1.54) is 25.3 Å². The minimum Gasteiger partial charge on any atom is -0.298 e. The summed E-state index contributed by atoms with van der Waals surface area (Å²) in [5, 5.41) is 3.47. The van der Waals surface area contributed by atoms with Gasteiger partial charge >= 0.3 is 6.18 Å². The van der Waals surface area contributed by atoms with Crippen molar-refractivity contribution >= 4 is 11.6 Å². The first-order valence-corrected chi connectivity index (χ1v) is 14.4. The first-order valence-electron chi connectivity index (χ1n) is 14.4. The Morgan fingerprint density at radius 1 is 1.04 bits per heavy atom. The zero-order valence-electron chi connectivity index (χ0n) is 24.1. The van der Waals surface area contributed by atoms with E-state index in [-0.39, 0.29) is 35.4 Å². The van der Waals surface area contributed by atoms with Crippen molar-refractivity contribution in [2.45, 2.75) is 63.1 Å². The van der Waals surface area contributed by atoms with Crippen LogP contribution in [0.1, 0.15) is 76.6 Å². The van der Waals surface area contributed by atoms with Gasteiger partial charge in [0.05, 0.1) is 29.1 Å². The van der Waals surface area contributed by atoms with E-state index in [0.717, 1.165) is 22.9 Å². The Kier molecular flexibility index (Phi) is 7.84. The SMILES string of the molecule is CC(=O)c1cc(-c2cccnc2[C@@H](CC(=O)Cn2nc(C(F)(F)F)c3c2C2CC2CC3(F)F)Cc2cc(F)cc(F)c2)ccc1F. The molecule has 4 aromatic rings. The van der Waals surface area contributed by atoms with Crippen LogP contribution in [0.5, 0.6) is 0 Å². The molecule has 2 aliphatic carbocycles. The smallest absolute Gasteiger partial charge is 0.298 e. The summed E-state index contributed by atoms with van der Waals surface area (Å²) in [5.41, 5.74) is -2.31. The zero-order valence-corrected chi connectivity index (χ0v) is 24.1. The monoisotopic (exact) mass is 647 g/mol. The molecule has 0 radical (unpaired) electrons. The molecule has 2 aromatic carbocycles. The third kappa shape index (κ3) is 6.06. The van der Waals surface area contributed by atoms with Crippen LogP contribution in [0.2, 0.25) is 0 Å². The van der Waals surface area contributed by atoms with Crippen LogP contribution in [0.25, 0.3) is 11.1 Å². The van der Waals surface area contributed by atoms with Gasteiger partial charge in [0.25, 0.3) is 5.92 Å². The summed E-state index contributed by atoms with van der Waals surface area (Å²) in [4.78, 5) is 30.0. The Morgan fingerprint density at radius 2 is 1.76 bits per heavy atom. The van der Waals surface area contributed by atoms with Crippen LogP contribution in [0.4, 0.5) is 35.1 Å². The highest BCUT2D eigenvalue weighted by atomic mass is 19.4. The number of pyridine rings is 1. The molecular weight excluding hydrogens is 622 g/mol. The van der Waals surface area contributed by atoms with Crippen LogP contribution in [0.3, 0.4) is 0 Å². The summed E-state index contributed by atoms with van der Waals surface area (Å²) < 4.78 is 115. The van der Waals surface area contributed by atoms with Crippen molar-refractivity contribution in [2.75, 3.05) is 0 Å². The third-order valence-corrected chi connectivity index (χ3v) is 8.50. The first-order chi connectivity index (χ1) is 21.6. The van der Waals surface area contributed by atoms with E-state index in [4.69, 9.17) is 0 Å². The quantitative estimate of drug-likeness (QED) is 0.136. The third-order valence-electron chi connectivity index (χ3n) is 8.50. The molecule has 6 rings (SSSR count). The molecule has 2 heterocycles.